The van der Waals surface area contributed by atoms with Gasteiger partial charge in [-0.25, -0.2) is 4.79 Å². The van der Waals surface area contributed by atoms with Crippen molar-refractivity contribution in [2.75, 3.05) is 13.2 Å². The molecule has 0 bridgehead atoms. The molecule has 2 atom stereocenters. The molecule has 0 radical (unpaired) electrons. The molecule has 6 nitrogen and oxygen atoms in total. The molecule has 0 saturated carbocycles. The van der Waals surface area contributed by atoms with E-state index in [0.717, 1.165) is 19.3 Å². The first-order valence-electron chi connectivity index (χ1n) is 5.88. The Hall–Kier alpha value is -1.14. The molecule has 0 aromatic heterocycles. The van der Waals surface area contributed by atoms with Crippen molar-refractivity contribution in [2.24, 2.45) is 0 Å². The fourth-order valence-electron chi connectivity index (χ4n) is 1.72. The highest BCUT2D eigenvalue weighted by atomic mass is 16.5. The summed E-state index contributed by atoms with van der Waals surface area (Å²) in [5, 5.41) is 20.0. The number of nitrogens with one attached hydrogen (secondary N) is 1. The zero-order valence-electron chi connectivity index (χ0n) is 9.72. The van der Waals surface area contributed by atoms with Crippen molar-refractivity contribution >= 4 is 11.9 Å². The summed E-state index contributed by atoms with van der Waals surface area (Å²) in [7, 11) is 0. The van der Waals surface area contributed by atoms with Crippen LogP contribution in [0.25, 0.3) is 0 Å². The van der Waals surface area contributed by atoms with E-state index in [1.54, 1.807) is 0 Å². The number of aliphatic hydroxyl groups excluding tert-OH is 1. The summed E-state index contributed by atoms with van der Waals surface area (Å²) in [5.41, 5.74) is 0. The molecule has 1 saturated heterocycles. The van der Waals surface area contributed by atoms with E-state index in [0.29, 0.717) is 13.0 Å². The maximum absolute atomic E-state index is 11.4. The highest BCUT2D eigenvalue weighted by Gasteiger charge is 2.18. The van der Waals surface area contributed by atoms with Crippen LogP contribution in [0.1, 0.15) is 32.1 Å². The summed E-state index contributed by atoms with van der Waals surface area (Å²) in [6.07, 6.45) is 1.91. The van der Waals surface area contributed by atoms with Crippen LogP contribution in [0.2, 0.25) is 0 Å². The largest absolute Gasteiger partial charge is 0.479 e. The molecular weight excluding hydrogens is 226 g/mol. The van der Waals surface area contributed by atoms with Crippen LogP contribution in [0, 0.1) is 0 Å². The molecule has 3 N–H and O–H groups in total. The number of carbonyl (C=O) groups excluding carboxylic acids is 1. The van der Waals surface area contributed by atoms with E-state index in [2.05, 4.69) is 5.32 Å². The topological polar surface area (TPSA) is 95.9 Å². The van der Waals surface area contributed by atoms with Crippen molar-refractivity contribution in [1.29, 1.82) is 0 Å². The Labute approximate surface area is 100.0 Å². The van der Waals surface area contributed by atoms with Crippen LogP contribution in [-0.4, -0.2) is 47.4 Å². The fourth-order valence-corrected chi connectivity index (χ4v) is 1.72. The number of hydrogen-bond acceptors (Lipinski definition) is 4. The lowest BCUT2D eigenvalue weighted by Gasteiger charge is -2.21. The van der Waals surface area contributed by atoms with Gasteiger partial charge in [-0.05, 0) is 19.3 Å². The van der Waals surface area contributed by atoms with Gasteiger partial charge < -0.3 is 20.3 Å². The summed E-state index contributed by atoms with van der Waals surface area (Å²) in [4.78, 5) is 21.8. The second-order valence-electron chi connectivity index (χ2n) is 4.19. The van der Waals surface area contributed by atoms with E-state index in [9.17, 15) is 9.59 Å². The van der Waals surface area contributed by atoms with Crippen LogP contribution in [0.5, 0.6) is 0 Å². The highest BCUT2D eigenvalue weighted by molar-refractivity contribution is 5.76. The second kappa shape index (κ2) is 7.24. The second-order valence-corrected chi connectivity index (χ2v) is 4.19. The smallest absolute Gasteiger partial charge is 0.332 e. The van der Waals surface area contributed by atoms with E-state index in [1.165, 1.54) is 0 Å². The first kappa shape index (κ1) is 13.9. The molecule has 0 aromatic rings. The number of amides is 1. The molecule has 1 unspecified atom stereocenters. The van der Waals surface area contributed by atoms with Crippen molar-refractivity contribution in [1.82, 2.24) is 5.32 Å². The van der Waals surface area contributed by atoms with E-state index < -0.39 is 12.1 Å². The third-order valence-corrected chi connectivity index (χ3v) is 2.71. The summed E-state index contributed by atoms with van der Waals surface area (Å²) < 4.78 is 5.41. The maximum Gasteiger partial charge on any atom is 0.332 e. The van der Waals surface area contributed by atoms with Gasteiger partial charge in [0.1, 0.15) is 0 Å². The van der Waals surface area contributed by atoms with Crippen LogP contribution < -0.4 is 5.32 Å². The molecule has 1 rings (SSSR count). The lowest BCUT2D eigenvalue weighted by molar-refractivity contribution is -0.147. The van der Waals surface area contributed by atoms with Crippen molar-refractivity contribution in [3.8, 4) is 0 Å². The van der Waals surface area contributed by atoms with E-state index >= 15 is 0 Å². The average Bonchev–Trinajstić information content (AvgIpc) is 2.30. The minimum Gasteiger partial charge on any atom is -0.479 e. The number of carboxylic acids is 1. The number of hydrogen-bond donors (Lipinski definition) is 3. The summed E-state index contributed by atoms with van der Waals surface area (Å²) in [6, 6.07) is 0. The van der Waals surface area contributed by atoms with Crippen LogP contribution in [-0.2, 0) is 14.3 Å². The third-order valence-electron chi connectivity index (χ3n) is 2.71. The molecule has 1 heterocycles. The van der Waals surface area contributed by atoms with Gasteiger partial charge in [0.2, 0.25) is 5.91 Å². The average molecular weight is 245 g/mol. The quantitative estimate of drug-likeness (QED) is 0.607. The third kappa shape index (κ3) is 5.65. The van der Waals surface area contributed by atoms with Crippen LogP contribution >= 0.6 is 0 Å². The number of aliphatic carboxylic acids is 1. The molecule has 17 heavy (non-hydrogen) atoms. The SMILES string of the molecule is O=C(CC1CCCCO1)NCC[C@H](O)C(=O)O. The van der Waals surface area contributed by atoms with Crippen molar-refractivity contribution < 1.29 is 24.5 Å². The van der Waals surface area contributed by atoms with Gasteiger partial charge in [-0.1, -0.05) is 0 Å². The van der Waals surface area contributed by atoms with E-state index in [1.807, 2.05) is 0 Å². The molecule has 0 aliphatic carbocycles. The Morgan fingerprint density at radius 2 is 2.18 bits per heavy atom. The molecule has 0 aromatic carbocycles. The Kier molecular flexibility index (Phi) is 5.93. The molecule has 1 aliphatic rings. The fraction of sp³-hybridized carbons (Fsp3) is 0.818. The standard InChI is InChI=1S/C11H19NO5/c13-9(11(15)16)4-5-12-10(14)7-8-3-1-2-6-17-8/h8-9,13H,1-7H2,(H,12,14)(H,15,16)/t8?,9-/m0/s1. The first-order valence-corrected chi connectivity index (χ1v) is 5.88. The molecular formula is C11H19NO5. The minimum absolute atomic E-state index is 0.0202. The highest BCUT2D eigenvalue weighted by Crippen LogP contribution is 2.15. The molecule has 1 aliphatic heterocycles. The number of carbonyl (C=O) groups is 2. The van der Waals surface area contributed by atoms with E-state index in [-0.39, 0.29) is 25.0 Å². The summed E-state index contributed by atoms with van der Waals surface area (Å²) in [6.45, 7) is 0.870. The number of aliphatic hydroxyl groups is 1. The van der Waals surface area contributed by atoms with Crippen molar-refractivity contribution in [3.63, 3.8) is 0 Å². The molecule has 0 spiro atoms. The monoisotopic (exact) mass is 245 g/mol. The van der Waals surface area contributed by atoms with Crippen molar-refractivity contribution in [2.45, 2.75) is 44.3 Å². The van der Waals surface area contributed by atoms with E-state index in [4.69, 9.17) is 14.9 Å². The first-order chi connectivity index (χ1) is 8.09. The lowest BCUT2D eigenvalue weighted by Crippen LogP contribution is -2.33. The van der Waals surface area contributed by atoms with Gasteiger partial charge in [0, 0.05) is 19.6 Å². The van der Waals surface area contributed by atoms with Gasteiger partial charge in [0.05, 0.1) is 12.5 Å². The maximum atomic E-state index is 11.4. The Bertz CT molecular complexity index is 263. The van der Waals surface area contributed by atoms with Gasteiger partial charge in [0.15, 0.2) is 6.10 Å². The lowest BCUT2D eigenvalue weighted by atomic mass is 10.1. The molecule has 6 heteroatoms. The Balaban J connectivity index is 2.10. The molecule has 1 fully saturated rings. The number of carboxylic acid groups (broad SMARTS) is 1. The van der Waals surface area contributed by atoms with Crippen LogP contribution in [0.4, 0.5) is 0 Å². The normalized spacial score (nSPS) is 21.8. The van der Waals surface area contributed by atoms with Gasteiger partial charge >= 0.3 is 5.97 Å². The summed E-state index contributed by atoms with van der Waals surface area (Å²) in [5.74, 6) is -1.43. The number of rotatable bonds is 6. The Morgan fingerprint density at radius 1 is 1.41 bits per heavy atom. The van der Waals surface area contributed by atoms with Crippen molar-refractivity contribution in [3.05, 3.63) is 0 Å². The van der Waals surface area contributed by atoms with Gasteiger partial charge in [0.25, 0.3) is 0 Å². The number of ether oxygens (including phenoxy) is 1. The van der Waals surface area contributed by atoms with Crippen LogP contribution in [0.15, 0.2) is 0 Å². The zero-order valence-corrected chi connectivity index (χ0v) is 9.72. The van der Waals surface area contributed by atoms with Gasteiger partial charge in [-0.2, -0.15) is 0 Å². The van der Waals surface area contributed by atoms with Crippen LogP contribution in [0.3, 0.4) is 0 Å². The Morgan fingerprint density at radius 3 is 2.76 bits per heavy atom. The predicted octanol–water partition coefficient (Wildman–Crippen LogP) is -0.103. The van der Waals surface area contributed by atoms with Gasteiger partial charge in [-0.15, -0.1) is 0 Å². The summed E-state index contributed by atoms with van der Waals surface area (Å²) >= 11 is 0. The minimum atomic E-state index is -1.42. The predicted molar refractivity (Wildman–Crippen MR) is 59.5 cm³/mol. The molecule has 98 valence electrons. The zero-order chi connectivity index (χ0) is 12.7. The van der Waals surface area contributed by atoms with Gasteiger partial charge in [-0.3, -0.25) is 4.79 Å². The molecule has 1 amide bonds.